The highest BCUT2D eigenvalue weighted by Crippen LogP contribution is 2.26. The van der Waals surface area contributed by atoms with Crippen LogP contribution in [0, 0.1) is 6.92 Å². The van der Waals surface area contributed by atoms with Gasteiger partial charge in [0.25, 0.3) is 0 Å². The number of Topliss-reactive ketones (excluding diaryl/α,β-unsaturated/α-hetero) is 1. The number of pyridine rings is 1. The first-order chi connectivity index (χ1) is 11.0. The van der Waals surface area contributed by atoms with Crippen LogP contribution in [0.3, 0.4) is 0 Å². The van der Waals surface area contributed by atoms with Gasteiger partial charge in [-0.2, -0.15) is 4.21 Å². The molecule has 6 heteroatoms. The van der Waals surface area contributed by atoms with Crippen molar-refractivity contribution in [3.63, 3.8) is 0 Å². The number of methoxy groups -OCH3 is 1. The maximum absolute atomic E-state index is 12.9. The smallest absolute Gasteiger partial charge is 0.322 e. The highest BCUT2D eigenvalue weighted by Gasteiger charge is 2.32. The SMILES string of the molecule is COC1=CC(=O)c2c(cccc2S(=O)[n+]2ccccc2C)C1=O. The zero-order chi connectivity index (χ0) is 16.6. The zero-order valence-corrected chi connectivity index (χ0v) is 13.4. The quantitative estimate of drug-likeness (QED) is 0.806. The molecule has 23 heavy (non-hydrogen) atoms. The van der Waals surface area contributed by atoms with Gasteiger partial charge in [-0.15, -0.1) is 3.97 Å². The van der Waals surface area contributed by atoms with Crippen LogP contribution in [0.2, 0.25) is 0 Å². The van der Waals surface area contributed by atoms with Gasteiger partial charge in [0.2, 0.25) is 5.78 Å². The van der Waals surface area contributed by atoms with Crippen molar-refractivity contribution in [2.75, 3.05) is 7.11 Å². The van der Waals surface area contributed by atoms with Crippen LogP contribution in [0.5, 0.6) is 0 Å². The topological polar surface area (TPSA) is 64.3 Å². The number of carbonyl (C=O) groups is 2. The third kappa shape index (κ3) is 2.51. The summed E-state index contributed by atoms with van der Waals surface area (Å²) in [5.41, 5.74) is 1.17. The number of aromatic nitrogens is 1. The molecule has 1 heterocycles. The summed E-state index contributed by atoms with van der Waals surface area (Å²) in [6.07, 6.45) is 2.82. The van der Waals surface area contributed by atoms with Gasteiger partial charge < -0.3 is 4.74 Å². The Bertz CT molecular complexity index is 886. The van der Waals surface area contributed by atoms with E-state index in [-0.39, 0.29) is 28.5 Å². The second-order valence-electron chi connectivity index (χ2n) is 5.00. The molecule has 1 aromatic heterocycles. The van der Waals surface area contributed by atoms with Crippen LogP contribution in [-0.4, -0.2) is 22.9 Å². The van der Waals surface area contributed by atoms with Crippen LogP contribution in [-0.2, 0) is 15.7 Å². The molecule has 1 aliphatic rings. The van der Waals surface area contributed by atoms with Gasteiger partial charge in [-0.05, 0) is 6.07 Å². The normalized spacial score (nSPS) is 15.0. The van der Waals surface area contributed by atoms with Gasteiger partial charge in [-0.25, -0.2) is 0 Å². The predicted molar refractivity (Wildman–Crippen MR) is 83.4 cm³/mol. The van der Waals surface area contributed by atoms with E-state index in [1.165, 1.54) is 7.11 Å². The van der Waals surface area contributed by atoms with Crippen molar-refractivity contribution in [1.29, 1.82) is 0 Å². The van der Waals surface area contributed by atoms with Crippen LogP contribution in [0.15, 0.2) is 59.3 Å². The van der Waals surface area contributed by atoms with Gasteiger partial charge in [0, 0.05) is 30.7 Å². The molecule has 0 N–H and O–H groups in total. The molecule has 1 atom stereocenters. The minimum absolute atomic E-state index is 0.00558. The molecule has 1 aromatic carbocycles. The molecule has 0 radical (unpaired) electrons. The van der Waals surface area contributed by atoms with E-state index in [4.69, 9.17) is 4.74 Å². The van der Waals surface area contributed by atoms with Crippen molar-refractivity contribution >= 4 is 22.6 Å². The fraction of sp³-hybridized carbons (Fsp3) is 0.118. The van der Waals surface area contributed by atoms with Crippen LogP contribution < -0.4 is 3.97 Å². The van der Waals surface area contributed by atoms with Gasteiger partial charge >= 0.3 is 11.0 Å². The minimum Gasteiger partial charge on any atom is -0.492 e. The standard InChI is InChI=1S/C17H14NO4S/c1-11-6-3-4-9-18(11)23(21)15-8-5-7-12-16(15)13(19)10-14(22-2)17(12)20/h3-10H,1-2H3/q+1. The van der Waals surface area contributed by atoms with E-state index in [1.807, 2.05) is 19.1 Å². The Morgan fingerprint density at radius 1 is 1.09 bits per heavy atom. The lowest BCUT2D eigenvalue weighted by Gasteiger charge is -2.15. The summed E-state index contributed by atoms with van der Waals surface area (Å²) in [4.78, 5) is 25.0. The summed E-state index contributed by atoms with van der Waals surface area (Å²) in [6.45, 7) is 1.82. The number of allylic oxidation sites excluding steroid dienone is 2. The number of fused-ring (bicyclic) bond motifs is 1. The molecule has 0 aliphatic heterocycles. The van der Waals surface area contributed by atoms with Crippen LogP contribution in [0.25, 0.3) is 0 Å². The van der Waals surface area contributed by atoms with Crippen molar-refractivity contribution in [2.24, 2.45) is 0 Å². The maximum Gasteiger partial charge on any atom is 0.322 e. The molecule has 2 aromatic rings. The van der Waals surface area contributed by atoms with E-state index in [0.29, 0.717) is 4.90 Å². The van der Waals surface area contributed by atoms with Gasteiger partial charge in [0.05, 0.1) is 12.7 Å². The molecule has 1 unspecified atom stereocenters. The molecule has 0 spiro atoms. The lowest BCUT2D eigenvalue weighted by atomic mass is 9.93. The average molecular weight is 328 g/mol. The Labute approximate surface area is 135 Å². The fourth-order valence-corrected chi connectivity index (χ4v) is 3.76. The summed E-state index contributed by atoms with van der Waals surface area (Å²) in [5, 5.41) is 0. The molecule has 0 amide bonds. The molecular formula is C17H14NO4S+. The lowest BCUT2D eigenvalue weighted by molar-refractivity contribution is -0.512. The highest BCUT2D eigenvalue weighted by molar-refractivity contribution is 7.78. The Kier molecular flexibility index (Phi) is 3.92. The molecule has 0 bridgehead atoms. The highest BCUT2D eigenvalue weighted by atomic mass is 32.2. The number of nitrogens with zero attached hydrogens (tertiary/aromatic N) is 1. The average Bonchev–Trinajstić information content (AvgIpc) is 2.57. The predicted octanol–water partition coefficient (Wildman–Crippen LogP) is 1.76. The van der Waals surface area contributed by atoms with Gasteiger partial charge in [-0.1, -0.05) is 18.2 Å². The number of benzene rings is 1. The van der Waals surface area contributed by atoms with E-state index >= 15 is 0 Å². The number of ketones is 2. The monoisotopic (exact) mass is 328 g/mol. The first-order valence-corrected chi connectivity index (χ1v) is 8.02. The Balaban J connectivity index is 2.18. The van der Waals surface area contributed by atoms with Crippen molar-refractivity contribution in [3.05, 3.63) is 71.3 Å². The molecule has 1 aliphatic carbocycles. The van der Waals surface area contributed by atoms with Crippen LogP contribution >= 0.6 is 0 Å². The first-order valence-electron chi connectivity index (χ1n) is 6.92. The van der Waals surface area contributed by atoms with Gasteiger partial charge in [0.15, 0.2) is 23.4 Å². The third-order valence-electron chi connectivity index (χ3n) is 3.61. The summed E-state index contributed by atoms with van der Waals surface area (Å²) >= 11 is 0. The molecule has 5 nitrogen and oxygen atoms in total. The number of hydrogen-bond acceptors (Lipinski definition) is 4. The number of hydrogen-bond donors (Lipinski definition) is 0. The molecule has 116 valence electrons. The second-order valence-corrected chi connectivity index (χ2v) is 6.33. The molecule has 3 rings (SSSR count). The number of aryl methyl sites for hydroxylation is 1. The summed E-state index contributed by atoms with van der Waals surface area (Å²) in [5.74, 6) is -0.765. The fourth-order valence-electron chi connectivity index (χ4n) is 2.47. The Morgan fingerprint density at radius 3 is 2.57 bits per heavy atom. The van der Waals surface area contributed by atoms with Crippen molar-refractivity contribution in [1.82, 2.24) is 0 Å². The number of rotatable bonds is 3. The molecule has 0 saturated heterocycles. The van der Waals surface area contributed by atoms with Gasteiger partial charge in [-0.3, -0.25) is 9.59 Å². The summed E-state index contributed by atoms with van der Waals surface area (Å²) in [6, 6.07) is 10.2. The molecular weight excluding hydrogens is 314 g/mol. The van der Waals surface area contributed by atoms with Crippen LogP contribution in [0.1, 0.15) is 26.4 Å². The first kappa shape index (κ1) is 15.3. The Morgan fingerprint density at radius 2 is 1.87 bits per heavy atom. The summed E-state index contributed by atoms with van der Waals surface area (Å²) < 4.78 is 19.4. The van der Waals surface area contributed by atoms with Crippen molar-refractivity contribution in [2.45, 2.75) is 11.8 Å². The minimum atomic E-state index is -1.62. The number of ether oxygens (including phenoxy) is 1. The van der Waals surface area contributed by atoms with E-state index < -0.39 is 11.0 Å². The largest absolute Gasteiger partial charge is 0.492 e. The van der Waals surface area contributed by atoms with E-state index in [1.54, 1.807) is 34.4 Å². The van der Waals surface area contributed by atoms with E-state index in [2.05, 4.69) is 0 Å². The Hall–Kier alpha value is -2.60. The maximum atomic E-state index is 12.9. The van der Waals surface area contributed by atoms with E-state index in [9.17, 15) is 13.8 Å². The van der Waals surface area contributed by atoms with Gasteiger partial charge in [0.1, 0.15) is 4.90 Å². The lowest BCUT2D eigenvalue weighted by Crippen LogP contribution is -2.41. The van der Waals surface area contributed by atoms with E-state index in [0.717, 1.165) is 11.8 Å². The third-order valence-corrected chi connectivity index (χ3v) is 5.09. The zero-order valence-electron chi connectivity index (χ0n) is 12.6. The summed E-state index contributed by atoms with van der Waals surface area (Å²) in [7, 11) is -0.283. The van der Waals surface area contributed by atoms with Crippen molar-refractivity contribution < 1.29 is 22.5 Å². The molecule has 0 saturated carbocycles. The number of carbonyl (C=O) groups excluding carboxylic acids is 2. The van der Waals surface area contributed by atoms with Crippen LogP contribution in [0.4, 0.5) is 0 Å². The second kappa shape index (κ2) is 5.89. The van der Waals surface area contributed by atoms with Crippen molar-refractivity contribution in [3.8, 4) is 0 Å². The molecule has 0 fully saturated rings.